The molecule has 0 aliphatic carbocycles. The fourth-order valence-corrected chi connectivity index (χ4v) is 3.80. The number of likely N-dealkylation sites (N-methyl/N-ethyl adjacent to an activating group) is 1. The normalized spacial score (nSPS) is 30.8. The third kappa shape index (κ3) is 2.61. The molecule has 0 radical (unpaired) electrons. The van der Waals surface area contributed by atoms with E-state index in [1.54, 1.807) is 12.1 Å². The summed E-state index contributed by atoms with van der Waals surface area (Å²) in [5, 5.41) is 0. The van der Waals surface area contributed by atoms with E-state index in [9.17, 15) is 9.59 Å². The zero-order valence-corrected chi connectivity index (χ0v) is 12.9. The highest BCUT2D eigenvalue weighted by molar-refractivity contribution is 5.89. The van der Waals surface area contributed by atoms with Crippen molar-refractivity contribution in [1.82, 2.24) is 4.90 Å². The van der Waals surface area contributed by atoms with Crippen LogP contribution in [-0.4, -0.2) is 49.2 Å². The standard InChI is InChI=1S/C17H21NO4/c1-18-13-8-9-14(18)15(10-12(13)17(20)21-2)22-16(19)11-6-4-3-5-7-11/h3-7,12-15H,8-10H2,1-2H3/t12-,13+,14+,15-/m0/s1. The molecule has 22 heavy (non-hydrogen) atoms. The lowest BCUT2D eigenvalue weighted by molar-refractivity contribution is -0.152. The molecule has 2 saturated heterocycles. The quantitative estimate of drug-likeness (QED) is 0.798. The van der Waals surface area contributed by atoms with E-state index >= 15 is 0 Å². The molecule has 0 N–H and O–H groups in total. The first-order chi connectivity index (χ1) is 10.6. The molecule has 0 amide bonds. The van der Waals surface area contributed by atoms with Gasteiger partial charge in [-0.15, -0.1) is 0 Å². The number of rotatable bonds is 3. The minimum atomic E-state index is -0.326. The summed E-state index contributed by atoms with van der Waals surface area (Å²) in [5.41, 5.74) is 0.542. The highest BCUT2D eigenvalue weighted by Crippen LogP contribution is 2.40. The van der Waals surface area contributed by atoms with Crippen molar-refractivity contribution in [2.24, 2.45) is 5.92 Å². The van der Waals surface area contributed by atoms with Gasteiger partial charge in [-0.05, 0) is 32.0 Å². The van der Waals surface area contributed by atoms with Crippen molar-refractivity contribution in [2.45, 2.75) is 37.5 Å². The number of nitrogens with zero attached hydrogens (tertiary/aromatic N) is 1. The summed E-state index contributed by atoms with van der Waals surface area (Å²) in [6.45, 7) is 0. The molecule has 2 heterocycles. The molecular formula is C17H21NO4. The van der Waals surface area contributed by atoms with Crippen molar-refractivity contribution < 1.29 is 19.1 Å². The molecule has 0 spiro atoms. The Morgan fingerprint density at radius 2 is 1.82 bits per heavy atom. The summed E-state index contributed by atoms with van der Waals surface area (Å²) in [5.74, 6) is -0.756. The number of benzene rings is 1. The van der Waals surface area contributed by atoms with E-state index in [1.165, 1.54) is 7.11 Å². The number of esters is 2. The van der Waals surface area contributed by atoms with Crippen LogP contribution in [0, 0.1) is 5.92 Å². The Bertz CT molecular complexity index is 559. The van der Waals surface area contributed by atoms with Gasteiger partial charge in [-0.1, -0.05) is 18.2 Å². The van der Waals surface area contributed by atoms with E-state index in [0.29, 0.717) is 12.0 Å². The molecule has 2 aliphatic rings. The summed E-state index contributed by atoms with van der Waals surface area (Å²) < 4.78 is 10.6. The van der Waals surface area contributed by atoms with Crippen molar-refractivity contribution >= 4 is 11.9 Å². The Hall–Kier alpha value is -1.88. The smallest absolute Gasteiger partial charge is 0.338 e. The molecule has 2 aliphatic heterocycles. The Labute approximate surface area is 130 Å². The first kappa shape index (κ1) is 15.0. The van der Waals surface area contributed by atoms with Gasteiger partial charge in [0.15, 0.2) is 0 Å². The Morgan fingerprint density at radius 1 is 1.14 bits per heavy atom. The third-order valence-corrected chi connectivity index (χ3v) is 4.96. The summed E-state index contributed by atoms with van der Waals surface area (Å²) in [6, 6.07) is 9.36. The maximum Gasteiger partial charge on any atom is 0.338 e. The van der Waals surface area contributed by atoms with Crippen LogP contribution >= 0.6 is 0 Å². The first-order valence-corrected chi connectivity index (χ1v) is 7.67. The maximum absolute atomic E-state index is 12.3. The molecule has 2 bridgehead atoms. The molecule has 1 aromatic rings. The van der Waals surface area contributed by atoms with Crippen molar-refractivity contribution in [3.8, 4) is 0 Å². The largest absolute Gasteiger partial charge is 0.469 e. The highest BCUT2D eigenvalue weighted by Gasteiger charge is 2.50. The summed E-state index contributed by atoms with van der Waals surface area (Å²) in [6.07, 6.45) is 2.17. The Balaban J connectivity index is 1.75. The Morgan fingerprint density at radius 3 is 2.50 bits per heavy atom. The molecule has 118 valence electrons. The van der Waals surface area contributed by atoms with Gasteiger partial charge in [0.25, 0.3) is 0 Å². The molecule has 3 rings (SSSR count). The van der Waals surface area contributed by atoms with E-state index in [1.807, 2.05) is 25.2 Å². The topological polar surface area (TPSA) is 55.8 Å². The zero-order chi connectivity index (χ0) is 15.7. The summed E-state index contributed by atoms with van der Waals surface area (Å²) >= 11 is 0. The molecule has 1 aromatic carbocycles. The van der Waals surface area contributed by atoms with Crippen LogP contribution in [0.1, 0.15) is 29.6 Å². The van der Waals surface area contributed by atoms with Crippen LogP contribution in [0.4, 0.5) is 0 Å². The highest BCUT2D eigenvalue weighted by atomic mass is 16.5. The molecule has 2 fully saturated rings. The van der Waals surface area contributed by atoms with Crippen molar-refractivity contribution in [3.05, 3.63) is 35.9 Å². The van der Waals surface area contributed by atoms with Crippen LogP contribution in [0.5, 0.6) is 0 Å². The van der Waals surface area contributed by atoms with Gasteiger partial charge < -0.3 is 9.47 Å². The van der Waals surface area contributed by atoms with Crippen LogP contribution in [0.3, 0.4) is 0 Å². The SMILES string of the molecule is COC(=O)[C@H]1C[C@H](OC(=O)c2ccccc2)[C@H]2CC[C@H]1N2C. The van der Waals surface area contributed by atoms with Gasteiger partial charge in [0.1, 0.15) is 6.10 Å². The lowest BCUT2D eigenvalue weighted by atomic mass is 9.89. The molecule has 4 atom stereocenters. The predicted molar refractivity (Wildman–Crippen MR) is 80.3 cm³/mol. The van der Waals surface area contributed by atoms with Crippen LogP contribution in [0.25, 0.3) is 0 Å². The van der Waals surface area contributed by atoms with E-state index in [-0.39, 0.29) is 36.0 Å². The number of hydrogen-bond donors (Lipinski definition) is 0. The van der Waals surface area contributed by atoms with Crippen LogP contribution in [-0.2, 0) is 14.3 Å². The van der Waals surface area contributed by atoms with Gasteiger partial charge in [-0.25, -0.2) is 4.79 Å². The van der Waals surface area contributed by atoms with Crippen LogP contribution in [0.2, 0.25) is 0 Å². The first-order valence-electron chi connectivity index (χ1n) is 7.67. The number of piperidine rings is 1. The Kier molecular flexibility index (Phi) is 4.16. The van der Waals surface area contributed by atoms with E-state index < -0.39 is 0 Å². The number of fused-ring (bicyclic) bond motifs is 2. The second-order valence-electron chi connectivity index (χ2n) is 6.05. The third-order valence-electron chi connectivity index (χ3n) is 4.96. The lowest BCUT2D eigenvalue weighted by Crippen LogP contribution is -2.53. The fourth-order valence-electron chi connectivity index (χ4n) is 3.80. The monoisotopic (exact) mass is 303 g/mol. The van der Waals surface area contributed by atoms with E-state index in [4.69, 9.17) is 9.47 Å². The average Bonchev–Trinajstić information content (AvgIpc) is 2.81. The van der Waals surface area contributed by atoms with Gasteiger partial charge in [-0.3, -0.25) is 9.69 Å². The number of methoxy groups -OCH3 is 1. The van der Waals surface area contributed by atoms with Crippen molar-refractivity contribution in [2.75, 3.05) is 14.2 Å². The van der Waals surface area contributed by atoms with Gasteiger partial charge >= 0.3 is 11.9 Å². The molecule has 0 aromatic heterocycles. The second kappa shape index (κ2) is 6.08. The van der Waals surface area contributed by atoms with E-state index in [0.717, 1.165) is 12.8 Å². The molecule has 0 unspecified atom stereocenters. The van der Waals surface area contributed by atoms with Crippen LogP contribution in [0.15, 0.2) is 30.3 Å². The summed E-state index contributed by atoms with van der Waals surface area (Å²) in [7, 11) is 3.41. The molecular weight excluding hydrogens is 282 g/mol. The van der Waals surface area contributed by atoms with Gasteiger partial charge in [0.05, 0.1) is 18.6 Å². The van der Waals surface area contributed by atoms with Gasteiger partial charge in [0, 0.05) is 18.5 Å². The zero-order valence-electron chi connectivity index (χ0n) is 12.9. The van der Waals surface area contributed by atoms with Gasteiger partial charge in [0.2, 0.25) is 0 Å². The maximum atomic E-state index is 12.3. The van der Waals surface area contributed by atoms with Crippen molar-refractivity contribution in [1.29, 1.82) is 0 Å². The minimum Gasteiger partial charge on any atom is -0.469 e. The summed E-state index contributed by atoms with van der Waals surface area (Å²) in [4.78, 5) is 26.5. The fraction of sp³-hybridized carbons (Fsp3) is 0.529. The minimum absolute atomic E-state index is 0.193. The second-order valence-corrected chi connectivity index (χ2v) is 6.05. The number of ether oxygens (including phenoxy) is 2. The predicted octanol–water partition coefficient (Wildman–Crippen LogP) is 1.87. The lowest BCUT2D eigenvalue weighted by Gasteiger charge is -2.40. The molecule has 0 saturated carbocycles. The molecule has 5 nitrogen and oxygen atoms in total. The van der Waals surface area contributed by atoms with Gasteiger partial charge in [-0.2, -0.15) is 0 Å². The average molecular weight is 303 g/mol. The number of carbonyl (C=O) groups excluding carboxylic acids is 2. The molecule has 5 heteroatoms. The number of carbonyl (C=O) groups is 2. The van der Waals surface area contributed by atoms with E-state index in [2.05, 4.69) is 4.90 Å². The number of hydrogen-bond acceptors (Lipinski definition) is 5. The van der Waals surface area contributed by atoms with Crippen molar-refractivity contribution in [3.63, 3.8) is 0 Å². The van der Waals surface area contributed by atoms with Crippen LogP contribution < -0.4 is 0 Å².